The van der Waals surface area contributed by atoms with E-state index in [0.717, 1.165) is 0 Å². The van der Waals surface area contributed by atoms with Crippen LogP contribution in [0.3, 0.4) is 0 Å². The van der Waals surface area contributed by atoms with E-state index in [1.807, 2.05) is 13.8 Å². The van der Waals surface area contributed by atoms with E-state index >= 15 is 0 Å². The third-order valence-electron chi connectivity index (χ3n) is 3.04. The Morgan fingerprint density at radius 3 is 2.82 bits per heavy atom. The van der Waals surface area contributed by atoms with Gasteiger partial charge in [0, 0.05) is 18.6 Å². The second-order valence-electron chi connectivity index (χ2n) is 5.33. The Balaban J connectivity index is 2.54. The van der Waals surface area contributed by atoms with Gasteiger partial charge in [-0.05, 0) is 24.1 Å². The van der Waals surface area contributed by atoms with Crippen LogP contribution in [0.4, 0.5) is 0 Å². The normalized spacial score (nSPS) is 11.1. The van der Waals surface area contributed by atoms with Crippen LogP contribution in [0, 0.1) is 5.92 Å². The van der Waals surface area contributed by atoms with E-state index in [9.17, 15) is 9.59 Å². The summed E-state index contributed by atoms with van der Waals surface area (Å²) in [6.45, 7) is 4.62. The van der Waals surface area contributed by atoms with Gasteiger partial charge in [0.2, 0.25) is 5.91 Å². The molecule has 1 heterocycles. The predicted octanol–water partition coefficient (Wildman–Crippen LogP) is 2.54. The van der Waals surface area contributed by atoms with Gasteiger partial charge in [-0.3, -0.25) is 14.2 Å². The number of carbonyl (C=O) groups is 1. The summed E-state index contributed by atoms with van der Waals surface area (Å²) in [7, 11) is 1.58. The number of amides is 1. The van der Waals surface area contributed by atoms with Crippen molar-refractivity contribution >= 4 is 40.2 Å². The van der Waals surface area contributed by atoms with E-state index in [1.165, 1.54) is 11.8 Å². The number of halogens is 1. The molecule has 0 bridgehead atoms. The third kappa shape index (κ3) is 3.81. The molecule has 0 aliphatic heterocycles. The zero-order valence-electron chi connectivity index (χ0n) is 12.7. The summed E-state index contributed by atoms with van der Waals surface area (Å²) in [6, 6.07) is 5.04. The monoisotopic (exact) mass is 339 g/mol. The van der Waals surface area contributed by atoms with Crippen LogP contribution in [0.15, 0.2) is 28.2 Å². The lowest BCUT2D eigenvalue weighted by molar-refractivity contribution is -0.118. The summed E-state index contributed by atoms with van der Waals surface area (Å²) in [6.07, 6.45) is 0. The summed E-state index contributed by atoms with van der Waals surface area (Å²) < 4.78 is 1.63. The van der Waals surface area contributed by atoms with Crippen molar-refractivity contribution in [2.24, 2.45) is 5.92 Å². The van der Waals surface area contributed by atoms with Crippen molar-refractivity contribution < 1.29 is 4.79 Å². The fraction of sp³-hybridized carbons (Fsp3) is 0.400. The molecule has 0 saturated heterocycles. The lowest BCUT2D eigenvalue weighted by Gasteiger charge is -2.14. The van der Waals surface area contributed by atoms with Crippen molar-refractivity contribution in [2.45, 2.75) is 25.5 Å². The van der Waals surface area contributed by atoms with Gasteiger partial charge in [0.05, 0.1) is 16.7 Å². The van der Waals surface area contributed by atoms with Crippen molar-refractivity contribution in [1.29, 1.82) is 0 Å². The molecule has 0 radical (unpaired) electrons. The van der Waals surface area contributed by atoms with Crippen LogP contribution >= 0.6 is 23.4 Å². The van der Waals surface area contributed by atoms with Gasteiger partial charge in [-0.15, -0.1) is 0 Å². The first-order valence-electron chi connectivity index (χ1n) is 6.96. The topological polar surface area (TPSA) is 64.0 Å². The molecular weight excluding hydrogens is 322 g/mol. The zero-order valence-corrected chi connectivity index (χ0v) is 14.3. The van der Waals surface area contributed by atoms with Gasteiger partial charge in [0.15, 0.2) is 5.16 Å². The van der Waals surface area contributed by atoms with Gasteiger partial charge < -0.3 is 5.32 Å². The number of carbonyl (C=O) groups excluding carboxylic acids is 1. The Hall–Kier alpha value is -1.53. The van der Waals surface area contributed by atoms with E-state index in [2.05, 4.69) is 10.3 Å². The molecule has 22 heavy (non-hydrogen) atoms. The Bertz CT molecular complexity index is 758. The summed E-state index contributed by atoms with van der Waals surface area (Å²) in [5.41, 5.74) is 0.451. The number of nitrogens with one attached hydrogen (secondary N) is 1. The highest BCUT2D eigenvalue weighted by atomic mass is 35.5. The quantitative estimate of drug-likeness (QED) is 0.671. The summed E-state index contributed by atoms with van der Waals surface area (Å²) in [5.74, 6) is 0.401. The number of aromatic nitrogens is 2. The molecule has 2 rings (SSSR count). The van der Waals surface area contributed by atoms with Gasteiger partial charge in [-0.2, -0.15) is 0 Å². The molecule has 1 aromatic heterocycles. The largest absolute Gasteiger partial charge is 0.358 e. The van der Waals surface area contributed by atoms with Crippen molar-refractivity contribution in [3.8, 4) is 0 Å². The zero-order chi connectivity index (χ0) is 16.3. The Labute approximate surface area is 138 Å². The minimum absolute atomic E-state index is 0.102. The average Bonchev–Trinajstić information content (AvgIpc) is 2.47. The number of thioether (sulfide) groups is 1. The minimum atomic E-state index is -0.110. The van der Waals surface area contributed by atoms with Crippen molar-refractivity contribution in [2.75, 3.05) is 12.8 Å². The molecule has 0 saturated carbocycles. The number of hydrogen-bond acceptors (Lipinski definition) is 4. The Morgan fingerprint density at radius 2 is 2.18 bits per heavy atom. The summed E-state index contributed by atoms with van der Waals surface area (Å²) in [5, 5.41) is 4.17. The first-order chi connectivity index (χ1) is 10.4. The molecule has 1 aromatic carbocycles. The van der Waals surface area contributed by atoms with E-state index in [-0.39, 0.29) is 17.2 Å². The maximum Gasteiger partial charge on any atom is 0.262 e. The first-order valence-corrected chi connectivity index (χ1v) is 8.32. The Morgan fingerprint density at radius 1 is 1.45 bits per heavy atom. The van der Waals surface area contributed by atoms with Crippen LogP contribution in [0.25, 0.3) is 10.9 Å². The maximum atomic E-state index is 12.7. The number of hydrogen-bond donors (Lipinski definition) is 1. The minimum Gasteiger partial charge on any atom is -0.358 e. The molecule has 5 nitrogen and oxygen atoms in total. The van der Waals surface area contributed by atoms with E-state index in [4.69, 9.17) is 11.6 Å². The van der Waals surface area contributed by atoms with Crippen molar-refractivity contribution in [3.05, 3.63) is 33.6 Å². The van der Waals surface area contributed by atoms with Gasteiger partial charge in [-0.25, -0.2) is 4.98 Å². The van der Waals surface area contributed by atoms with Crippen LogP contribution in [0.1, 0.15) is 13.8 Å². The van der Waals surface area contributed by atoms with Gasteiger partial charge >= 0.3 is 0 Å². The molecule has 0 atom stereocenters. The summed E-state index contributed by atoms with van der Waals surface area (Å²) in [4.78, 5) is 28.6. The number of nitrogens with zero attached hydrogens (tertiary/aromatic N) is 2. The number of benzene rings is 1. The second-order valence-corrected chi connectivity index (χ2v) is 6.71. The van der Waals surface area contributed by atoms with Crippen molar-refractivity contribution in [3.63, 3.8) is 0 Å². The number of fused-ring (bicyclic) bond motifs is 1. The second kappa shape index (κ2) is 7.15. The summed E-state index contributed by atoms with van der Waals surface area (Å²) >= 11 is 7.23. The Kier molecular flexibility index (Phi) is 5.47. The van der Waals surface area contributed by atoms with Crippen LogP contribution in [0.2, 0.25) is 5.02 Å². The third-order valence-corrected chi connectivity index (χ3v) is 4.25. The molecule has 0 aliphatic carbocycles. The molecule has 118 valence electrons. The molecule has 7 heteroatoms. The molecule has 2 aromatic rings. The molecule has 1 N–H and O–H groups in total. The van der Waals surface area contributed by atoms with E-state index < -0.39 is 0 Å². The van der Waals surface area contributed by atoms with Gasteiger partial charge in [0.1, 0.15) is 0 Å². The molecular formula is C15H18ClN3O2S. The van der Waals surface area contributed by atoms with Crippen LogP contribution < -0.4 is 10.9 Å². The fourth-order valence-corrected chi connectivity index (χ4v) is 3.06. The molecule has 0 unspecified atom stereocenters. The smallest absolute Gasteiger partial charge is 0.262 e. The standard InChI is InChI=1S/C15H18ClN3O2S/c1-9(2)7-19-14(21)11-5-4-10(16)6-12(11)18-15(19)22-8-13(20)17-3/h4-6,9H,7-8H2,1-3H3,(H,17,20). The lowest BCUT2D eigenvalue weighted by atomic mass is 10.2. The molecule has 0 spiro atoms. The van der Waals surface area contributed by atoms with Gasteiger partial charge in [0.25, 0.3) is 5.56 Å². The number of rotatable bonds is 5. The highest BCUT2D eigenvalue weighted by Gasteiger charge is 2.14. The molecule has 0 aliphatic rings. The highest BCUT2D eigenvalue weighted by Crippen LogP contribution is 2.21. The van der Waals surface area contributed by atoms with E-state index in [0.29, 0.717) is 33.5 Å². The van der Waals surface area contributed by atoms with Crippen LogP contribution in [-0.4, -0.2) is 28.3 Å². The van der Waals surface area contributed by atoms with Crippen LogP contribution in [0.5, 0.6) is 0 Å². The SMILES string of the molecule is CNC(=O)CSc1nc2cc(Cl)ccc2c(=O)n1CC(C)C. The predicted molar refractivity (Wildman–Crippen MR) is 90.6 cm³/mol. The average molecular weight is 340 g/mol. The van der Waals surface area contributed by atoms with Gasteiger partial charge in [-0.1, -0.05) is 37.2 Å². The molecule has 0 fully saturated rings. The molecule has 1 amide bonds. The van der Waals surface area contributed by atoms with Crippen molar-refractivity contribution in [1.82, 2.24) is 14.9 Å². The first kappa shape index (κ1) is 16.8. The lowest BCUT2D eigenvalue weighted by Crippen LogP contribution is -2.26. The van der Waals surface area contributed by atoms with E-state index in [1.54, 1.807) is 29.8 Å². The highest BCUT2D eigenvalue weighted by molar-refractivity contribution is 7.99. The maximum absolute atomic E-state index is 12.7. The van der Waals surface area contributed by atoms with Crippen LogP contribution in [-0.2, 0) is 11.3 Å². The fourth-order valence-electron chi connectivity index (χ4n) is 2.01.